The first-order valence-electron chi connectivity index (χ1n) is 9.09. The highest BCUT2D eigenvalue weighted by molar-refractivity contribution is 9.10. The van der Waals surface area contributed by atoms with Gasteiger partial charge in [-0.3, -0.25) is 4.79 Å². The second-order valence-corrected chi connectivity index (χ2v) is 7.66. The summed E-state index contributed by atoms with van der Waals surface area (Å²) in [6, 6.07) is 12.8. The Balaban J connectivity index is 1.76. The number of halogens is 1. The van der Waals surface area contributed by atoms with Crippen molar-refractivity contribution in [2.45, 2.75) is 13.0 Å². The van der Waals surface area contributed by atoms with Crippen molar-refractivity contribution >= 4 is 32.8 Å². The van der Waals surface area contributed by atoms with Crippen LogP contribution in [0, 0.1) is 6.92 Å². The molecule has 1 unspecified atom stereocenters. The summed E-state index contributed by atoms with van der Waals surface area (Å²) in [4.78, 5) is 17.7. The van der Waals surface area contributed by atoms with E-state index in [1.165, 1.54) is 0 Å². The lowest BCUT2D eigenvalue weighted by Gasteiger charge is -2.21. The molecular weight excluding hydrogens is 434 g/mol. The highest BCUT2D eigenvalue weighted by atomic mass is 79.9. The first-order chi connectivity index (χ1) is 14.0. The zero-order chi connectivity index (χ0) is 20.5. The normalized spacial score (nSPS) is 12.1. The fourth-order valence-electron chi connectivity index (χ4n) is 3.45. The Labute approximate surface area is 176 Å². The van der Waals surface area contributed by atoms with Crippen LogP contribution in [-0.2, 0) is 7.05 Å². The van der Waals surface area contributed by atoms with Gasteiger partial charge in [0.05, 0.1) is 7.11 Å². The summed E-state index contributed by atoms with van der Waals surface area (Å²) in [6.07, 6.45) is 3.54. The smallest absolute Gasteiger partial charge is 0.288 e. The summed E-state index contributed by atoms with van der Waals surface area (Å²) < 4.78 is 14.2. The van der Waals surface area contributed by atoms with E-state index in [1.54, 1.807) is 13.3 Å². The zero-order valence-electron chi connectivity index (χ0n) is 16.3. The van der Waals surface area contributed by atoms with E-state index < -0.39 is 6.04 Å². The van der Waals surface area contributed by atoms with E-state index in [0.717, 1.165) is 21.0 Å². The number of para-hydroxylation sites is 1. The Kier molecular flexibility index (Phi) is 5.15. The minimum Gasteiger partial charge on any atom is -0.496 e. The quantitative estimate of drug-likeness (QED) is 0.472. The molecule has 0 fully saturated rings. The number of ether oxygens (including phenoxy) is 1. The molecule has 2 aromatic heterocycles. The highest BCUT2D eigenvalue weighted by Crippen LogP contribution is 2.31. The monoisotopic (exact) mass is 453 g/mol. The largest absolute Gasteiger partial charge is 0.496 e. The lowest BCUT2D eigenvalue weighted by molar-refractivity contribution is 0.0914. The van der Waals surface area contributed by atoms with Crippen molar-refractivity contribution in [2.24, 2.45) is 7.05 Å². The van der Waals surface area contributed by atoms with E-state index in [9.17, 15) is 4.79 Å². The van der Waals surface area contributed by atoms with Gasteiger partial charge in [-0.2, -0.15) is 0 Å². The number of fused-ring (bicyclic) bond motifs is 1. The third kappa shape index (κ3) is 3.53. The highest BCUT2D eigenvalue weighted by Gasteiger charge is 2.27. The number of aryl methyl sites for hydroxylation is 2. The van der Waals surface area contributed by atoms with Gasteiger partial charge in [-0.1, -0.05) is 34.1 Å². The first kappa shape index (κ1) is 19.3. The zero-order valence-corrected chi connectivity index (χ0v) is 17.9. The number of nitrogens with one attached hydrogen (secondary N) is 1. The molecule has 2 aromatic carbocycles. The lowest BCUT2D eigenvalue weighted by Crippen LogP contribution is -2.31. The average molecular weight is 454 g/mol. The van der Waals surface area contributed by atoms with E-state index >= 15 is 0 Å². The molecule has 4 aromatic rings. The molecule has 0 saturated carbocycles. The molecule has 0 saturated heterocycles. The van der Waals surface area contributed by atoms with Crippen molar-refractivity contribution in [3.63, 3.8) is 0 Å². The summed E-state index contributed by atoms with van der Waals surface area (Å²) in [5.74, 6) is 1.34. The van der Waals surface area contributed by atoms with Gasteiger partial charge in [0.25, 0.3) is 5.91 Å². The summed E-state index contributed by atoms with van der Waals surface area (Å²) in [5.41, 5.74) is 2.27. The van der Waals surface area contributed by atoms with Gasteiger partial charge in [0.2, 0.25) is 0 Å². The molecule has 0 bridgehead atoms. The number of nitrogens with zero attached hydrogens (tertiary/aromatic N) is 2. The van der Waals surface area contributed by atoms with Gasteiger partial charge in [0.15, 0.2) is 5.76 Å². The number of hydrogen-bond donors (Lipinski definition) is 1. The second kappa shape index (κ2) is 7.75. The van der Waals surface area contributed by atoms with Crippen LogP contribution in [-0.4, -0.2) is 22.6 Å². The number of imidazole rings is 1. The molecule has 1 N–H and O–H groups in total. The number of carbonyl (C=O) groups is 1. The van der Waals surface area contributed by atoms with E-state index in [2.05, 4.69) is 26.2 Å². The van der Waals surface area contributed by atoms with Gasteiger partial charge in [-0.05, 0) is 31.2 Å². The van der Waals surface area contributed by atoms with E-state index in [0.29, 0.717) is 17.2 Å². The van der Waals surface area contributed by atoms with Crippen LogP contribution in [0.15, 0.2) is 63.7 Å². The minimum atomic E-state index is -0.502. The average Bonchev–Trinajstić information content (AvgIpc) is 3.29. The van der Waals surface area contributed by atoms with Crippen molar-refractivity contribution in [3.8, 4) is 5.75 Å². The molecule has 0 aliphatic rings. The summed E-state index contributed by atoms with van der Waals surface area (Å²) in [6.45, 7) is 1.88. The van der Waals surface area contributed by atoms with Crippen molar-refractivity contribution in [3.05, 3.63) is 82.0 Å². The Bertz CT molecular complexity index is 1200. The molecule has 1 atom stereocenters. The SMILES string of the molecule is COc1ccccc1C(NC(=O)c1oc2ccc(Br)cc2c1C)c1nccn1C. The molecular formula is C22H20BrN3O3. The third-order valence-corrected chi connectivity index (χ3v) is 5.44. The van der Waals surface area contributed by atoms with Gasteiger partial charge in [0, 0.05) is 40.4 Å². The topological polar surface area (TPSA) is 69.3 Å². The maximum Gasteiger partial charge on any atom is 0.288 e. The number of furan rings is 1. The summed E-state index contributed by atoms with van der Waals surface area (Å²) in [7, 11) is 3.50. The third-order valence-electron chi connectivity index (χ3n) is 4.95. The van der Waals surface area contributed by atoms with Crippen LogP contribution in [0.1, 0.15) is 33.5 Å². The van der Waals surface area contributed by atoms with E-state index in [1.807, 2.05) is 67.2 Å². The molecule has 6 nitrogen and oxygen atoms in total. The van der Waals surface area contributed by atoms with Gasteiger partial charge >= 0.3 is 0 Å². The van der Waals surface area contributed by atoms with Crippen molar-refractivity contribution < 1.29 is 13.9 Å². The standard InChI is InChI=1S/C22H20BrN3O3/c1-13-16-12-14(23)8-9-18(16)29-20(13)22(27)25-19(21-24-10-11-26(21)2)15-6-4-5-7-17(15)28-3/h4-12,19H,1-3H3,(H,25,27). The minimum absolute atomic E-state index is 0.284. The van der Waals surface area contributed by atoms with Crippen LogP contribution >= 0.6 is 15.9 Å². The van der Waals surface area contributed by atoms with Crippen LogP contribution in [0.4, 0.5) is 0 Å². The molecule has 2 heterocycles. The number of amides is 1. The molecule has 0 aliphatic heterocycles. The Morgan fingerprint density at radius 3 is 2.79 bits per heavy atom. The van der Waals surface area contributed by atoms with Gasteiger partial charge in [-0.15, -0.1) is 0 Å². The lowest BCUT2D eigenvalue weighted by atomic mass is 10.0. The molecule has 0 aliphatic carbocycles. The first-order valence-corrected chi connectivity index (χ1v) is 9.88. The summed E-state index contributed by atoms with van der Waals surface area (Å²) in [5, 5.41) is 3.97. The number of hydrogen-bond acceptors (Lipinski definition) is 4. The predicted molar refractivity (Wildman–Crippen MR) is 114 cm³/mol. The number of benzene rings is 2. The maximum atomic E-state index is 13.2. The van der Waals surface area contributed by atoms with Crippen LogP contribution in [0.2, 0.25) is 0 Å². The van der Waals surface area contributed by atoms with Crippen LogP contribution in [0.3, 0.4) is 0 Å². The fraction of sp³-hybridized carbons (Fsp3) is 0.182. The van der Waals surface area contributed by atoms with Gasteiger partial charge < -0.3 is 19.0 Å². The Morgan fingerprint density at radius 1 is 1.28 bits per heavy atom. The molecule has 0 spiro atoms. The van der Waals surface area contributed by atoms with Gasteiger partial charge in [0.1, 0.15) is 23.2 Å². The van der Waals surface area contributed by atoms with Crippen molar-refractivity contribution in [2.75, 3.05) is 7.11 Å². The number of aromatic nitrogens is 2. The molecule has 1 amide bonds. The van der Waals surface area contributed by atoms with Crippen molar-refractivity contribution in [1.82, 2.24) is 14.9 Å². The molecule has 0 radical (unpaired) electrons. The fourth-order valence-corrected chi connectivity index (χ4v) is 3.81. The Hall–Kier alpha value is -3.06. The van der Waals surface area contributed by atoms with Crippen LogP contribution in [0.25, 0.3) is 11.0 Å². The van der Waals surface area contributed by atoms with Crippen LogP contribution < -0.4 is 10.1 Å². The van der Waals surface area contributed by atoms with E-state index in [4.69, 9.17) is 9.15 Å². The molecule has 7 heteroatoms. The molecule has 148 valence electrons. The second-order valence-electron chi connectivity index (χ2n) is 6.74. The van der Waals surface area contributed by atoms with Gasteiger partial charge in [-0.25, -0.2) is 4.98 Å². The number of rotatable bonds is 5. The van der Waals surface area contributed by atoms with Crippen molar-refractivity contribution in [1.29, 1.82) is 0 Å². The number of carbonyl (C=O) groups excluding carboxylic acids is 1. The summed E-state index contributed by atoms with van der Waals surface area (Å²) >= 11 is 3.47. The Morgan fingerprint density at radius 2 is 2.07 bits per heavy atom. The predicted octanol–water partition coefficient (Wildman–Crippen LogP) is 4.77. The number of methoxy groups -OCH3 is 1. The maximum absolute atomic E-state index is 13.2. The molecule has 4 rings (SSSR count). The van der Waals surface area contributed by atoms with Crippen LogP contribution in [0.5, 0.6) is 5.75 Å². The van der Waals surface area contributed by atoms with E-state index in [-0.39, 0.29) is 11.7 Å². The molecule has 29 heavy (non-hydrogen) atoms.